The van der Waals surface area contributed by atoms with Gasteiger partial charge in [-0.2, -0.15) is 0 Å². The van der Waals surface area contributed by atoms with Crippen LogP contribution in [0.15, 0.2) is 47.5 Å². The van der Waals surface area contributed by atoms with Crippen molar-refractivity contribution in [1.82, 2.24) is 0 Å². The number of rotatable bonds is 4. The zero-order valence-electron chi connectivity index (χ0n) is 11.3. The number of carboxylic acids is 1. The molecule has 8 heteroatoms. The second-order valence-corrected chi connectivity index (χ2v) is 4.38. The Balaban J connectivity index is 2.59. The topological polar surface area (TPSA) is 145 Å². The van der Waals surface area contributed by atoms with Gasteiger partial charge in [0.2, 0.25) is 0 Å². The molecule has 0 atom stereocenters. The van der Waals surface area contributed by atoms with Crippen LogP contribution >= 0.6 is 0 Å². The van der Waals surface area contributed by atoms with Crippen molar-refractivity contribution in [3.63, 3.8) is 0 Å². The van der Waals surface area contributed by atoms with Crippen LogP contribution in [-0.2, 0) is 0 Å². The standard InChI is InChI=1S/C14H12N4O4/c15-14(16)17-12-6-3-9(13(19)20)7-11(12)8-1-4-10(5-2-8)18(21)22/h1-7H,(H,19,20)(H4,15,16,17). The summed E-state index contributed by atoms with van der Waals surface area (Å²) in [6.45, 7) is 0. The fourth-order valence-electron chi connectivity index (χ4n) is 1.90. The van der Waals surface area contributed by atoms with E-state index in [0.29, 0.717) is 16.8 Å². The third kappa shape index (κ3) is 3.18. The van der Waals surface area contributed by atoms with Gasteiger partial charge >= 0.3 is 5.97 Å². The number of aliphatic imine (C=N–C) groups is 1. The van der Waals surface area contributed by atoms with Gasteiger partial charge in [0, 0.05) is 17.7 Å². The number of nitrogens with zero attached hydrogens (tertiary/aromatic N) is 2. The minimum absolute atomic E-state index is 0.0582. The maximum absolute atomic E-state index is 11.1. The summed E-state index contributed by atoms with van der Waals surface area (Å²) in [7, 11) is 0. The summed E-state index contributed by atoms with van der Waals surface area (Å²) in [5.74, 6) is -1.27. The molecule has 0 aliphatic rings. The molecular formula is C14H12N4O4. The highest BCUT2D eigenvalue weighted by Gasteiger charge is 2.12. The number of non-ortho nitro benzene ring substituents is 1. The number of guanidine groups is 1. The molecule has 0 aromatic heterocycles. The van der Waals surface area contributed by atoms with Crippen molar-refractivity contribution in [1.29, 1.82) is 0 Å². The van der Waals surface area contributed by atoms with Crippen molar-refractivity contribution in [3.05, 3.63) is 58.1 Å². The van der Waals surface area contributed by atoms with Gasteiger partial charge in [-0.25, -0.2) is 9.79 Å². The first kappa shape index (κ1) is 15.0. The van der Waals surface area contributed by atoms with Crippen LogP contribution in [0.4, 0.5) is 11.4 Å². The zero-order valence-corrected chi connectivity index (χ0v) is 11.3. The maximum Gasteiger partial charge on any atom is 0.335 e. The van der Waals surface area contributed by atoms with E-state index >= 15 is 0 Å². The fraction of sp³-hybridized carbons (Fsp3) is 0. The lowest BCUT2D eigenvalue weighted by Crippen LogP contribution is -2.22. The molecule has 0 spiro atoms. The number of benzene rings is 2. The van der Waals surface area contributed by atoms with E-state index in [9.17, 15) is 14.9 Å². The van der Waals surface area contributed by atoms with Crippen LogP contribution in [0.5, 0.6) is 0 Å². The normalized spacial score (nSPS) is 10.0. The van der Waals surface area contributed by atoms with Crippen molar-refractivity contribution in [3.8, 4) is 11.1 Å². The summed E-state index contributed by atoms with van der Waals surface area (Å²) in [4.78, 5) is 25.2. The van der Waals surface area contributed by atoms with Crippen molar-refractivity contribution in [2.45, 2.75) is 0 Å². The molecule has 0 fully saturated rings. The van der Waals surface area contributed by atoms with Gasteiger partial charge in [0.05, 0.1) is 16.2 Å². The molecule has 2 rings (SSSR count). The first-order chi connectivity index (χ1) is 10.4. The van der Waals surface area contributed by atoms with Gasteiger partial charge in [-0.3, -0.25) is 10.1 Å². The molecule has 5 N–H and O–H groups in total. The Morgan fingerprint density at radius 1 is 1.14 bits per heavy atom. The predicted molar refractivity (Wildman–Crippen MR) is 81.0 cm³/mol. The van der Waals surface area contributed by atoms with Crippen LogP contribution in [0.1, 0.15) is 10.4 Å². The Morgan fingerprint density at radius 3 is 2.27 bits per heavy atom. The number of carboxylic acid groups (broad SMARTS) is 1. The SMILES string of the molecule is NC(N)=Nc1ccc(C(=O)O)cc1-c1ccc([N+](=O)[O-])cc1. The van der Waals surface area contributed by atoms with Gasteiger partial charge < -0.3 is 16.6 Å². The van der Waals surface area contributed by atoms with Crippen LogP contribution in [0, 0.1) is 10.1 Å². The molecule has 0 bridgehead atoms. The number of nitro benzene ring substituents is 1. The highest BCUT2D eigenvalue weighted by atomic mass is 16.6. The van der Waals surface area contributed by atoms with Crippen molar-refractivity contribution in [2.24, 2.45) is 16.5 Å². The monoisotopic (exact) mass is 300 g/mol. The van der Waals surface area contributed by atoms with Gasteiger partial charge in [-0.1, -0.05) is 0 Å². The maximum atomic E-state index is 11.1. The van der Waals surface area contributed by atoms with Crippen LogP contribution in [0.3, 0.4) is 0 Å². The number of hydrogen-bond donors (Lipinski definition) is 3. The molecule has 0 amide bonds. The summed E-state index contributed by atoms with van der Waals surface area (Å²) < 4.78 is 0. The Bertz CT molecular complexity index is 765. The third-order valence-electron chi connectivity index (χ3n) is 2.88. The van der Waals surface area contributed by atoms with E-state index in [0.717, 1.165) is 0 Å². The summed E-state index contributed by atoms with van der Waals surface area (Å²) in [6.07, 6.45) is 0. The Kier molecular flexibility index (Phi) is 4.03. The Hall–Kier alpha value is -3.42. The van der Waals surface area contributed by atoms with E-state index < -0.39 is 10.9 Å². The average molecular weight is 300 g/mol. The lowest BCUT2D eigenvalue weighted by atomic mass is 10.0. The molecule has 112 valence electrons. The highest BCUT2D eigenvalue weighted by Crippen LogP contribution is 2.32. The van der Waals surface area contributed by atoms with E-state index in [1.807, 2.05) is 0 Å². The van der Waals surface area contributed by atoms with Gasteiger partial charge in [-0.05, 0) is 35.9 Å². The molecule has 0 unspecified atom stereocenters. The summed E-state index contributed by atoms with van der Waals surface area (Å²) in [5.41, 5.74) is 12.1. The number of hydrogen-bond acceptors (Lipinski definition) is 4. The van der Waals surface area contributed by atoms with Crippen molar-refractivity contribution in [2.75, 3.05) is 0 Å². The molecular weight excluding hydrogens is 288 g/mol. The van der Waals surface area contributed by atoms with Crippen LogP contribution in [0.2, 0.25) is 0 Å². The molecule has 22 heavy (non-hydrogen) atoms. The summed E-state index contributed by atoms with van der Waals surface area (Å²) in [6, 6.07) is 9.91. The van der Waals surface area contributed by atoms with Gasteiger partial charge in [0.15, 0.2) is 5.96 Å². The third-order valence-corrected chi connectivity index (χ3v) is 2.88. The molecule has 0 aliphatic heterocycles. The van der Waals surface area contributed by atoms with Gasteiger partial charge in [0.1, 0.15) is 0 Å². The molecule has 0 saturated carbocycles. The van der Waals surface area contributed by atoms with E-state index in [1.165, 1.54) is 42.5 Å². The second kappa shape index (κ2) is 5.92. The van der Waals surface area contributed by atoms with Crippen molar-refractivity contribution >= 4 is 23.3 Å². The highest BCUT2D eigenvalue weighted by molar-refractivity contribution is 5.93. The molecule has 0 radical (unpaired) electrons. The quantitative estimate of drug-likeness (QED) is 0.340. The lowest BCUT2D eigenvalue weighted by molar-refractivity contribution is -0.384. The van der Waals surface area contributed by atoms with Crippen molar-refractivity contribution < 1.29 is 14.8 Å². The summed E-state index contributed by atoms with van der Waals surface area (Å²) >= 11 is 0. The summed E-state index contributed by atoms with van der Waals surface area (Å²) in [5, 5.41) is 19.7. The lowest BCUT2D eigenvalue weighted by Gasteiger charge is -2.08. The minimum atomic E-state index is -1.10. The van der Waals surface area contributed by atoms with Crippen LogP contribution < -0.4 is 11.5 Å². The molecule has 2 aromatic rings. The molecule has 0 saturated heterocycles. The predicted octanol–water partition coefficient (Wildman–Crippen LogP) is 1.86. The first-order valence-electron chi connectivity index (χ1n) is 6.10. The largest absolute Gasteiger partial charge is 0.478 e. The van der Waals surface area contributed by atoms with E-state index in [-0.39, 0.29) is 17.2 Å². The Labute approximate surface area is 124 Å². The number of carbonyl (C=O) groups is 1. The minimum Gasteiger partial charge on any atom is -0.478 e. The molecule has 0 heterocycles. The molecule has 0 aliphatic carbocycles. The van der Waals surface area contributed by atoms with E-state index in [1.54, 1.807) is 0 Å². The smallest absolute Gasteiger partial charge is 0.335 e. The van der Waals surface area contributed by atoms with Crippen LogP contribution in [-0.4, -0.2) is 22.0 Å². The van der Waals surface area contributed by atoms with E-state index in [2.05, 4.69) is 4.99 Å². The van der Waals surface area contributed by atoms with E-state index in [4.69, 9.17) is 16.6 Å². The fourth-order valence-corrected chi connectivity index (χ4v) is 1.90. The van der Waals surface area contributed by atoms with Gasteiger partial charge in [-0.15, -0.1) is 0 Å². The average Bonchev–Trinajstić information content (AvgIpc) is 2.47. The Morgan fingerprint density at radius 2 is 1.77 bits per heavy atom. The second-order valence-electron chi connectivity index (χ2n) is 4.38. The van der Waals surface area contributed by atoms with Gasteiger partial charge in [0.25, 0.3) is 5.69 Å². The zero-order chi connectivity index (χ0) is 16.3. The molecule has 2 aromatic carbocycles. The molecule has 8 nitrogen and oxygen atoms in total. The number of aromatic carboxylic acids is 1. The van der Waals surface area contributed by atoms with Crippen LogP contribution in [0.25, 0.3) is 11.1 Å². The number of nitro groups is 1. The first-order valence-corrected chi connectivity index (χ1v) is 6.10. The number of nitrogens with two attached hydrogens (primary N) is 2.